The molecule has 1 atom stereocenters. The molecule has 0 bridgehead atoms. The number of benzene rings is 2. The van der Waals surface area contributed by atoms with Crippen LogP contribution in [0.4, 0.5) is 20.2 Å². The maximum atomic E-state index is 14.0. The van der Waals surface area contributed by atoms with Crippen molar-refractivity contribution in [3.63, 3.8) is 0 Å². The van der Waals surface area contributed by atoms with Gasteiger partial charge >= 0.3 is 0 Å². The first-order valence-corrected chi connectivity index (χ1v) is 9.45. The number of anilines is 1. The predicted molar refractivity (Wildman–Crippen MR) is 123 cm³/mol. The molecule has 1 heterocycles. The van der Waals surface area contributed by atoms with Crippen molar-refractivity contribution < 1.29 is 13.7 Å². The second-order valence-electron chi connectivity index (χ2n) is 6.73. The first-order valence-electron chi connectivity index (χ1n) is 9.45. The number of para-hydroxylation sites is 2. The number of nitro groups is 1. The number of hydrogen-bond donors (Lipinski definition) is 2. The zero-order valence-electron chi connectivity index (χ0n) is 16.5. The van der Waals surface area contributed by atoms with E-state index >= 15 is 0 Å². The third-order valence-electron chi connectivity index (χ3n) is 4.72. The van der Waals surface area contributed by atoms with Gasteiger partial charge in [0.05, 0.1) is 17.0 Å². The Morgan fingerprint density at radius 3 is 2.60 bits per heavy atom. The highest BCUT2D eigenvalue weighted by Crippen LogP contribution is 2.26. The third-order valence-corrected chi connectivity index (χ3v) is 4.72. The zero-order valence-corrected chi connectivity index (χ0v) is 18.8. The summed E-state index contributed by atoms with van der Waals surface area (Å²) in [5.74, 6) is -0.656. The number of nitrogens with one attached hydrogen (secondary N) is 2. The van der Waals surface area contributed by atoms with Gasteiger partial charge < -0.3 is 15.5 Å². The fraction of sp³-hybridized carbons (Fsp3) is 0.350. The molecule has 1 unspecified atom stereocenters. The fourth-order valence-electron chi connectivity index (χ4n) is 3.37. The van der Waals surface area contributed by atoms with Crippen LogP contribution in [0.2, 0.25) is 0 Å². The average molecular weight is 531 g/mol. The van der Waals surface area contributed by atoms with Crippen LogP contribution in [0.5, 0.6) is 0 Å². The Balaban J connectivity index is 0.00000320. The number of halogens is 3. The second-order valence-corrected chi connectivity index (χ2v) is 6.73. The summed E-state index contributed by atoms with van der Waals surface area (Å²) < 4.78 is 28.1. The minimum atomic E-state index is -0.581. The van der Waals surface area contributed by atoms with Gasteiger partial charge in [-0.3, -0.25) is 10.1 Å². The van der Waals surface area contributed by atoms with Crippen LogP contribution in [-0.2, 0) is 6.54 Å². The summed E-state index contributed by atoms with van der Waals surface area (Å²) in [4.78, 5) is 16.8. The Morgan fingerprint density at radius 1 is 1.23 bits per heavy atom. The summed E-state index contributed by atoms with van der Waals surface area (Å²) in [6.45, 7) is 3.61. The fourth-order valence-corrected chi connectivity index (χ4v) is 3.37. The Morgan fingerprint density at radius 2 is 1.93 bits per heavy atom. The Hall–Kier alpha value is -2.50. The van der Waals surface area contributed by atoms with Crippen LogP contribution >= 0.6 is 24.0 Å². The molecule has 3 rings (SSSR count). The molecule has 2 aromatic carbocycles. The van der Waals surface area contributed by atoms with Crippen molar-refractivity contribution in [2.45, 2.75) is 25.9 Å². The molecular weight excluding hydrogens is 507 g/mol. The molecule has 0 amide bonds. The highest BCUT2D eigenvalue weighted by Gasteiger charge is 2.27. The quantitative estimate of drug-likeness (QED) is 0.195. The topological polar surface area (TPSA) is 82.8 Å². The van der Waals surface area contributed by atoms with E-state index < -0.39 is 16.6 Å². The van der Waals surface area contributed by atoms with E-state index in [1.54, 1.807) is 23.1 Å². The van der Waals surface area contributed by atoms with Crippen molar-refractivity contribution in [1.82, 2.24) is 10.6 Å². The van der Waals surface area contributed by atoms with Gasteiger partial charge in [0.2, 0.25) is 0 Å². The van der Waals surface area contributed by atoms with Gasteiger partial charge in [0.1, 0.15) is 17.3 Å². The van der Waals surface area contributed by atoms with E-state index in [4.69, 9.17) is 0 Å². The van der Waals surface area contributed by atoms with Crippen LogP contribution < -0.4 is 15.5 Å². The number of rotatable bonds is 6. The molecule has 162 valence electrons. The average Bonchev–Trinajstić information content (AvgIpc) is 3.14. The van der Waals surface area contributed by atoms with Gasteiger partial charge in [0, 0.05) is 31.7 Å². The first kappa shape index (κ1) is 23.8. The van der Waals surface area contributed by atoms with Crippen LogP contribution in [0.3, 0.4) is 0 Å². The third kappa shape index (κ3) is 5.77. The Kier molecular flexibility index (Phi) is 8.75. The molecule has 1 saturated heterocycles. The largest absolute Gasteiger partial charge is 0.365 e. The van der Waals surface area contributed by atoms with Crippen molar-refractivity contribution in [3.05, 3.63) is 69.8 Å². The van der Waals surface area contributed by atoms with Crippen molar-refractivity contribution in [2.24, 2.45) is 4.99 Å². The molecule has 1 aliphatic rings. The number of nitrogens with zero attached hydrogens (tertiary/aromatic N) is 3. The zero-order chi connectivity index (χ0) is 20.8. The summed E-state index contributed by atoms with van der Waals surface area (Å²) >= 11 is 0. The SMILES string of the molecule is CCNC(=NCc1ccccc1[N+](=O)[O-])NC1CCN(c2c(F)cccc2F)C1.I. The van der Waals surface area contributed by atoms with Crippen molar-refractivity contribution in [1.29, 1.82) is 0 Å². The molecule has 10 heteroatoms. The number of hydrogen-bond acceptors (Lipinski definition) is 4. The van der Waals surface area contributed by atoms with E-state index in [1.165, 1.54) is 24.3 Å². The monoisotopic (exact) mass is 531 g/mol. The van der Waals surface area contributed by atoms with Gasteiger partial charge in [-0.15, -0.1) is 24.0 Å². The lowest BCUT2D eigenvalue weighted by molar-refractivity contribution is -0.385. The molecule has 0 spiro atoms. The molecule has 0 radical (unpaired) electrons. The van der Waals surface area contributed by atoms with Crippen LogP contribution in [0, 0.1) is 21.7 Å². The highest BCUT2D eigenvalue weighted by atomic mass is 127. The molecule has 1 aliphatic heterocycles. The molecule has 7 nitrogen and oxygen atoms in total. The minimum absolute atomic E-state index is 0. The van der Waals surface area contributed by atoms with Gasteiger partial charge in [0.15, 0.2) is 5.96 Å². The smallest absolute Gasteiger partial charge is 0.274 e. The number of nitro benzene ring substituents is 1. The lowest BCUT2D eigenvalue weighted by Crippen LogP contribution is -2.44. The van der Waals surface area contributed by atoms with E-state index in [2.05, 4.69) is 15.6 Å². The van der Waals surface area contributed by atoms with Crippen LogP contribution in [0.25, 0.3) is 0 Å². The molecule has 1 fully saturated rings. The maximum Gasteiger partial charge on any atom is 0.274 e. The number of aliphatic imine (C=N–C) groups is 1. The summed E-state index contributed by atoms with van der Waals surface area (Å²) in [6.07, 6.45) is 0.684. The Bertz CT molecular complexity index is 892. The molecule has 30 heavy (non-hydrogen) atoms. The van der Waals surface area contributed by atoms with Gasteiger partial charge in [-0.1, -0.05) is 24.3 Å². The molecule has 0 saturated carbocycles. The van der Waals surface area contributed by atoms with Crippen LogP contribution in [0.15, 0.2) is 47.5 Å². The van der Waals surface area contributed by atoms with Crippen LogP contribution in [-0.4, -0.2) is 36.6 Å². The molecule has 0 aliphatic carbocycles. The predicted octanol–water partition coefficient (Wildman–Crippen LogP) is 3.83. The van der Waals surface area contributed by atoms with Crippen molar-refractivity contribution >= 4 is 41.3 Å². The summed E-state index contributed by atoms with van der Waals surface area (Å²) in [5, 5.41) is 17.5. The number of guanidine groups is 1. The summed E-state index contributed by atoms with van der Waals surface area (Å²) in [7, 11) is 0. The van der Waals surface area contributed by atoms with Gasteiger partial charge in [-0.25, -0.2) is 13.8 Å². The summed E-state index contributed by atoms with van der Waals surface area (Å²) in [5.41, 5.74) is 0.518. The molecular formula is C20H24F2IN5O2. The minimum Gasteiger partial charge on any atom is -0.365 e. The molecule has 2 N–H and O–H groups in total. The molecule has 0 aromatic heterocycles. The van der Waals surface area contributed by atoms with E-state index in [0.717, 1.165) is 0 Å². The van der Waals surface area contributed by atoms with E-state index in [-0.39, 0.29) is 47.9 Å². The van der Waals surface area contributed by atoms with E-state index in [9.17, 15) is 18.9 Å². The van der Waals surface area contributed by atoms with Crippen molar-refractivity contribution in [2.75, 3.05) is 24.5 Å². The normalized spacial score (nSPS) is 16.2. The van der Waals surface area contributed by atoms with E-state index in [0.29, 0.717) is 37.6 Å². The van der Waals surface area contributed by atoms with Gasteiger partial charge in [0.25, 0.3) is 5.69 Å². The van der Waals surface area contributed by atoms with Gasteiger partial charge in [-0.05, 0) is 25.5 Å². The highest BCUT2D eigenvalue weighted by molar-refractivity contribution is 14.0. The first-order chi connectivity index (χ1) is 14.0. The lowest BCUT2D eigenvalue weighted by atomic mass is 10.2. The lowest BCUT2D eigenvalue weighted by Gasteiger charge is -2.21. The van der Waals surface area contributed by atoms with Crippen LogP contribution in [0.1, 0.15) is 18.9 Å². The maximum absolute atomic E-state index is 14.0. The summed E-state index contributed by atoms with van der Waals surface area (Å²) in [6, 6.07) is 10.2. The molecule has 2 aromatic rings. The second kappa shape index (κ2) is 11.0. The standard InChI is InChI=1S/C20H23F2N5O2.HI/c1-2-23-20(24-12-14-6-3-4-9-18(14)27(28)29)25-15-10-11-26(13-15)19-16(21)7-5-8-17(19)22;/h3-9,15H,2,10-13H2,1H3,(H2,23,24,25);1H. The van der Waals surface area contributed by atoms with Crippen molar-refractivity contribution in [3.8, 4) is 0 Å². The van der Waals surface area contributed by atoms with E-state index in [1.807, 2.05) is 6.92 Å². The van der Waals surface area contributed by atoms with Gasteiger partial charge in [-0.2, -0.15) is 0 Å². The Labute approximate surface area is 190 Å².